The number of benzene rings is 3. The van der Waals surface area contributed by atoms with Crippen LogP contribution >= 0.6 is 0 Å². The third kappa shape index (κ3) is 9.35. The molecule has 1 atom stereocenters. The van der Waals surface area contributed by atoms with E-state index < -0.39 is 6.04 Å². The molecule has 3 aromatic rings. The molecule has 1 saturated heterocycles. The second kappa shape index (κ2) is 16.0. The summed E-state index contributed by atoms with van der Waals surface area (Å²) >= 11 is 0. The summed E-state index contributed by atoms with van der Waals surface area (Å²) in [6, 6.07) is 23.8. The molecule has 0 spiro atoms. The lowest BCUT2D eigenvalue weighted by molar-refractivity contribution is -0.142. The number of ether oxygens (including phenoxy) is 2. The highest BCUT2D eigenvalue weighted by molar-refractivity contribution is 5.88. The van der Waals surface area contributed by atoms with Gasteiger partial charge in [-0.25, -0.2) is 0 Å². The monoisotopic (exact) mass is 571 g/mol. The van der Waals surface area contributed by atoms with Crippen molar-refractivity contribution in [3.8, 4) is 11.5 Å². The number of rotatable bonds is 14. The summed E-state index contributed by atoms with van der Waals surface area (Å²) in [4.78, 5) is 30.6. The fourth-order valence-corrected chi connectivity index (χ4v) is 5.29. The van der Waals surface area contributed by atoms with Crippen LogP contribution in [0.25, 0.3) is 0 Å². The maximum Gasteiger partial charge on any atom is 0.261 e. The van der Waals surface area contributed by atoms with Crippen molar-refractivity contribution in [2.45, 2.75) is 65.1 Å². The number of aryl methyl sites for hydroxylation is 1. The molecule has 1 aliphatic rings. The summed E-state index contributed by atoms with van der Waals surface area (Å²) in [5.74, 6) is 1.20. The van der Waals surface area contributed by atoms with E-state index in [0.717, 1.165) is 61.2 Å². The maximum absolute atomic E-state index is 13.6. The van der Waals surface area contributed by atoms with Gasteiger partial charge < -0.3 is 24.6 Å². The van der Waals surface area contributed by atoms with Crippen LogP contribution in [0.3, 0.4) is 0 Å². The molecule has 1 heterocycles. The van der Waals surface area contributed by atoms with Crippen LogP contribution in [0.5, 0.6) is 11.5 Å². The number of carbonyl (C=O) groups excluding carboxylic acids is 2. The van der Waals surface area contributed by atoms with Gasteiger partial charge in [-0.3, -0.25) is 9.59 Å². The topological polar surface area (TPSA) is 71.1 Å². The Morgan fingerprint density at radius 3 is 2.50 bits per heavy atom. The number of hydrogen-bond acceptors (Lipinski definition) is 5. The summed E-state index contributed by atoms with van der Waals surface area (Å²) in [5.41, 5.74) is 4.42. The lowest BCUT2D eigenvalue weighted by Gasteiger charge is -2.30. The van der Waals surface area contributed by atoms with Crippen LogP contribution in [-0.2, 0) is 29.1 Å². The quantitative estimate of drug-likeness (QED) is 0.275. The van der Waals surface area contributed by atoms with Gasteiger partial charge in [-0.05, 0) is 86.5 Å². The van der Waals surface area contributed by atoms with Gasteiger partial charge in [-0.15, -0.1) is 0 Å². The third-order valence-electron chi connectivity index (χ3n) is 7.60. The average molecular weight is 572 g/mol. The summed E-state index contributed by atoms with van der Waals surface area (Å²) in [6.45, 7) is 7.32. The molecular formula is C35H45N3O4. The molecule has 2 amide bonds. The van der Waals surface area contributed by atoms with Crippen LogP contribution in [0.2, 0.25) is 0 Å². The van der Waals surface area contributed by atoms with E-state index in [1.807, 2.05) is 49.4 Å². The number of amides is 2. The smallest absolute Gasteiger partial charge is 0.261 e. The van der Waals surface area contributed by atoms with Crippen LogP contribution in [0.1, 0.15) is 54.9 Å². The Balaban J connectivity index is 1.40. The summed E-state index contributed by atoms with van der Waals surface area (Å²) in [5, 5.41) is 2.98. The lowest BCUT2D eigenvalue weighted by atomic mass is 10.1. The summed E-state index contributed by atoms with van der Waals surface area (Å²) < 4.78 is 11.9. The number of likely N-dealkylation sites (N-methyl/N-ethyl adjacent to an activating group) is 1. The minimum atomic E-state index is -0.524. The molecule has 0 aromatic heterocycles. The zero-order chi connectivity index (χ0) is 29.7. The van der Waals surface area contributed by atoms with E-state index in [1.165, 1.54) is 5.56 Å². The van der Waals surface area contributed by atoms with Gasteiger partial charge in [-0.1, -0.05) is 61.5 Å². The van der Waals surface area contributed by atoms with Gasteiger partial charge in [0.15, 0.2) is 6.61 Å². The highest BCUT2D eigenvalue weighted by Crippen LogP contribution is 2.23. The van der Waals surface area contributed by atoms with Gasteiger partial charge in [0.1, 0.15) is 17.5 Å². The molecule has 4 rings (SSSR count). The van der Waals surface area contributed by atoms with Crippen LogP contribution in [0.4, 0.5) is 0 Å². The van der Waals surface area contributed by atoms with Crippen molar-refractivity contribution < 1.29 is 19.1 Å². The second-order valence-electron chi connectivity index (χ2n) is 11.2. The third-order valence-corrected chi connectivity index (χ3v) is 7.60. The largest absolute Gasteiger partial charge is 0.493 e. The Labute approximate surface area is 250 Å². The number of hydrogen-bond donors (Lipinski definition) is 1. The second-order valence-corrected chi connectivity index (χ2v) is 11.2. The highest BCUT2D eigenvalue weighted by atomic mass is 16.5. The number of nitrogens with one attached hydrogen (secondary N) is 1. The van der Waals surface area contributed by atoms with Crippen molar-refractivity contribution in [3.63, 3.8) is 0 Å². The van der Waals surface area contributed by atoms with Crippen molar-refractivity contribution >= 4 is 11.8 Å². The summed E-state index contributed by atoms with van der Waals surface area (Å²) in [6.07, 6.45) is 4.36. The first-order valence-electron chi connectivity index (χ1n) is 15.2. The molecule has 224 valence electrons. The van der Waals surface area contributed by atoms with Gasteiger partial charge in [0.05, 0.1) is 6.61 Å². The van der Waals surface area contributed by atoms with Crippen LogP contribution in [0.15, 0.2) is 72.8 Å². The molecule has 0 saturated carbocycles. The molecule has 1 aliphatic heterocycles. The van der Waals surface area contributed by atoms with Gasteiger partial charge in [0.25, 0.3) is 5.91 Å². The Kier molecular flexibility index (Phi) is 11.8. The fraction of sp³-hybridized carbons (Fsp3) is 0.429. The zero-order valence-corrected chi connectivity index (χ0v) is 25.3. The van der Waals surface area contributed by atoms with Crippen molar-refractivity contribution in [1.82, 2.24) is 15.1 Å². The molecule has 0 unspecified atom stereocenters. The standard InChI is InChI=1S/C35H45N3O4/c1-4-21-41-33-17-16-30(22-27(33)2)25-38(32-15-8-9-19-36-35(32)40)34(39)26-42-31-14-10-13-29(23-31)24-37(3)20-18-28-11-6-5-7-12-28/h5-7,10-14,16-17,22-23,32H,4,8-9,15,18-21,24-26H2,1-3H3,(H,36,40)/t32-/m0/s1. The fourth-order valence-electron chi connectivity index (χ4n) is 5.29. The lowest BCUT2D eigenvalue weighted by Crippen LogP contribution is -2.49. The molecule has 1 fully saturated rings. The van der Waals surface area contributed by atoms with E-state index in [2.05, 4.69) is 54.5 Å². The first-order valence-corrected chi connectivity index (χ1v) is 15.2. The van der Waals surface area contributed by atoms with Crippen LogP contribution in [-0.4, -0.2) is 61.0 Å². The van der Waals surface area contributed by atoms with E-state index in [0.29, 0.717) is 31.9 Å². The molecule has 0 radical (unpaired) electrons. The summed E-state index contributed by atoms with van der Waals surface area (Å²) in [7, 11) is 2.11. The van der Waals surface area contributed by atoms with Crippen molar-refractivity contribution in [2.75, 3.05) is 33.4 Å². The van der Waals surface area contributed by atoms with Crippen molar-refractivity contribution in [1.29, 1.82) is 0 Å². The first-order chi connectivity index (χ1) is 20.4. The Hall–Kier alpha value is -3.84. The SMILES string of the molecule is CCCOc1ccc(CN(C(=O)COc2cccc(CN(C)CCc3ccccc3)c2)[C@H]2CCCCNC2=O)cc1C. The van der Waals surface area contributed by atoms with Crippen molar-refractivity contribution in [3.05, 3.63) is 95.1 Å². The molecule has 0 bridgehead atoms. The molecule has 0 aliphatic carbocycles. The average Bonchev–Trinajstić information content (AvgIpc) is 3.22. The Morgan fingerprint density at radius 1 is 0.929 bits per heavy atom. The molecule has 1 N–H and O–H groups in total. The predicted molar refractivity (Wildman–Crippen MR) is 167 cm³/mol. The van der Waals surface area contributed by atoms with E-state index in [9.17, 15) is 9.59 Å². The van der Waals surface area contributed by atoms with E-state index in [1.54, 1.807) is 4.90 Å². The van der Waals surface area contributed by atoms with Crippen LogP contribution < -0.4 is 14.8 Å². The van der Waals surface area contributed by atoms with E-state index >= 15 is 0 Å². The van der Waals surface area contributed by atoms with Crippen molar-refractivity contribution in [2.24, 2.45) is 0 Å². The van der Waals surface area contributed by atoms with Gasteiger partial charge in [-0.2, -0.15) is 0 Å². The Morgan fingerprint density at radius 2 is 1.71 bits per heavy atom. The molecule has 3 aromatic carbocycles. The highest BCUT2D eigenvalue weighted by Gasteiger charge is 2.31. The van der Waals surface area contributed by atoms with Gasteiger partial charge >= 0.3 is 0 Å². The number of carbonyl (C=O) groups is 2. The molecule has 42 heavy (non-hydrogen) atoms. The Bertz CT molecular complexity index is 1300. The van der Waals surface area contributed by atoms with Gasteiger partial charge in [0, 0.05) is 26.2 Å². The predicted octanol–water partition coefficient (Wildman–Crippen LogP) is 5.53. The normalized spacial score (nSPS) is 15.1. The number of nitrogens with zero attached hydrogens (tertiary/aromatic N) is 2. The van der Waals surface area contributed by atoms with E-state index in [4.69, 9.17) is 9.47 Å². The maximum atomic E-state index is 13.6. The zero-order valence-electron chi connectivity index (χ0n) is 25.3. The van der Waals surface area contributed by atoms with Gasteiger partial charge in [0.2, 0.25) is 5.91 Å². The molecule has 7 nitrogen and oxygen atoms in total. The van der Waals surface area contributed by atoms with Crippen LogP contribution in [0, 0.1) is 6.92 Å². The molecule has 7 heteroatoms. The minimum Gasteiger partial charge on any atom is -0.493 e. The van der Waals surface area contributed by atoms with E-state index in [-0.39, 0.29) is 18.4 Å². The first kappa shape index (κ1) is 31.1. The molecular weight excluding hydrogens is 526 g/mol. The minimum absolute atomic E-state index is 0.0963.